The molecule has 29 heavy (non-hydrogen) atoms. The van der Waals surface area contributed by atoms with Gasteiger partial charge in [0.05, 0.1) is 19.8 Å². The van der Waals surface area contributed by atoms with Crippen LogP contribution >= 0.6 is 24.0 Å². The van der Waals surface area contributed by atoms with E-state index in [0.717, 1.165) is 38.5 Å². The van der Waals surface area contributed by atoms with Gasteiger partial charge >= 0.3 is 0 Å². The van der Waals surface area contributed by atoms with Gasteiger partial charge in [0, 0.05) is 26.7 Å². The maximum absolute atomic E-state index is 5.64. The quantitative estimate of drug-likeness (QED) is 0.195. The number of benzene rings is 2. The lowest BCUT2D eigenvalue weighted by Gasteiger charge is -2.13. The van der Waals surface area contributed by atoms with Gasteiger partial charge in [-0.25, -0.2) is 0 Å². The van der Waals surface area contributed by atoms with Gasteiger partial charge in [0.2, 0.25) is 0 Å². The molecule has 2 aromatic rings. The molecule has 5 nitrogen and oxygen atoms in total. The molecule has 0 saturated heterocycles. The van der Waals surface area contributed by atoms with Gasteiger partial charge in [0.1, 0.15) is 0 Å². The highest BCUT2D eigenvalue weighted by Gasteiger charge is 2.01. The van der Waals surface area contributed by atoms with Gasteiger partial charge < -0.3 is 20.1 Å². The lowest BCUT2D eigenvalue weighted by atomic mass is 10.1. The number of aliphatic imine (C=N–C) groups is 1. The average molecular weight is 511 g/mol. The van der Waals surface area contributed by atoms with Crippen molar-refractivity contribution in [3.8, 4) is 0 Å². The van der Waals surface area contributed by atoms with E-state index in [2.05, 4.69) is 70.2 Å². The fraction of sp³-hybridized carbons (Fsp3) is 0.435. The Morgan fingerprint density at radius 2 is 1.62 bits per heavy atom. The maximum Gasteiger partial charge on any atom is 0.191 e. The van der Waals surface area contributed by atoms with Crippen LogP contribution in [0.5, 0.6) is 0 Å². The number of nitrogens with one attached hydrogen (secondary N) is 2. The van der Waals surface area contributed by atoms with Crippen LogP contribution in [0.2, 0.25) is 0 Å². The number of aryl methyl sites for hydroxylation is 1. The Bertz CT molecular complexity index is 696. The molecule has 0 aromatic heterocycles. The minimum Gasteiger partial charge on any atom is -0.379 e. The number of nitrogens with zero attached hydrogens (tertiary/aromatic N) is 1. The number of halogens is 1. The van der Waals surface area contributed by atoms with Gasteiger partial charge in [-0.15, -0.1) is 24.0 Å². The van der Waals surface area contributed by atoms with Crippen LogP contribution in [0.25, 0.3) is 0 Å². The SMILES string of the molecule is CCOCCOCc1cccc(CNC(=NC)NCCCc2ccccc2)c1.I. The third-order valence-corrected chi connectivity index (χ3v) is 4.30. The standard InChI is InChI=1S/C23H33N3O2.HI/c1-3-27-15-16-28-19-22-12-7-11-21(17-22)18-26-23(24-2)25-14-8-13-20-9-5-4-6-10-20;/h4-7,9-12,17H,3,8,13-16,18-19H2,1-2H3,(H2,24,25,26);1H. The predicted molar refractivity (Wildman–Crippen MR) is 131 cm³/mol. The molecule has 0 fully saturated rings. The van der Waals surface area contributed by atoms with E-state index in [-0.39, 0.29) is 24.0 Å². The topological polar surface area (TPSA) is 54.9 Å². The Morgan fingerprint density at radius 3 is 2.38 bits per heavy atom. The molecule has 0 atom stereocenters. The van der Waals surface area contributed by atoms with E-state index in [1.165, 1.54) is 16.7 Å². The second-order valence-electron chi connectivity index (χ2n) is 6.51. The molecule has 0 aliphatic carbocycles. The molecule has 0 saturated carbocycles. The van der Waals surface area contributed by atoms with Crippen molar-refractivity contribution in [1.82, 2.24) is 10.6 Å². The fourth-order valence-electron chi connectivity index (χ4n) is 2.83. The zero-order chi connectivity index (χ0) is 19.9. The summed E-state index contributed by atoms with van der Waals surface area (Å²) in [4.78, 5) is 4.30. The Kier molecular flexibility index (Phi) is 14.2. The summed E-state index contributed by atoms with van der Waals surface area (Å²) in [5.41, 5.74) is 3.74. The molecule has 0 spiro atoms. The van der Waals surface area contributed by atoms with Crippen LogP contribution in [0.1, 0.15) is 30.0 Å². The molecule has 2 aromatic carbocycles. The third-order valence-electron chi connectivity index (χ3n) is 4.30. The number of rotatable bonds is 12. The number of hydrogen-bond donors (Lipinski definition) is 2. The Morgan fingerprint density at radius 1 is 0.897 bits per heavy atom. The molecule has 6 heteroatoms. The second kappa shape index (κ2) is 16.2. The van der Waals surface area contributed by atoms with Gasteiger partial charge in [-0.3, -0.25) is 4.99 Å². The summed E-state index contributed by atoms with van der Waals surface area (Å²) in [6.07, 6.45) is 2.13. The monoisotopic (exact) mass is 511 g/mol. The summed E-state index contributed by atoms with van der Waals surface area (Å²) >= 11 is 0. The minimum atomic E-state index is 0. The molecule has 0 bridgehead atoms. The van der Waals surface area contributed by atoms with Crippen LogP contribution in [0.15, 0.2) is 59.6 Å². The number of guanidine groups is 1. The lowest BCUT2D eigenvalue weighted by Crippen LogP contribution is -2.37. The lowest BCUT2D eigenvalue weighted by molar-refractivity contribution is 0.0453. The second-order valence-corrected chi connectivity index (χ2v) is 6.51. The van der Waals surface area contributed by atoms with E-state index in [0.29, 0.717) is 19.8 Å². The van der Waals surface area contributed by atoms with Crippen molar-refractivity contribution in [3.05, 3.63) is 71.3 Å². The van der Waals surface area contributed by atoms with Crippen LogP contribution < -0.4 is 10.6 Å². The first-order valence-corrected chi connectivity index (χ1v) is 10.0. The average Bonchev–Trinajstić information content (AvgIpc) is 2.74. The fourth-order valence-corrected chi connectivity index (χ4v) is 2.83. The van der Waals surface area contributed by atoms with Crippen molar-refractivity contribution < 1.29 is 9.47 Å². The molecule has 2 N–H and O–H groups in total. The largest absolute Gasteiger partial charge is 0.379 e. The van der Waals surface area contributed by atoms with Crippen molar-refractivity contribution in [2.75, 3.05) is 33.4 Å². The first-order chi connectivity index (χ1) is 13.8. The van der Waals surface area contributed by atoms with Crippen LogP contribution in [-0.4, -0.2) is 39.4 Å². The third kappa shape index (κ3) is 11.2. The Hall–Kier alpha value is -1.64. The summed E-state index contributed by atoms with van der Waals surface area (Å²) < 4.78 is 10.9. The van der Waals surface area contributed by atoms with Crippen LogP contribution in [0.3, 0.4) is 0 Å². The van der Waals surface area contributed by atoms with Crippen molar-refractivity contribution in [3.63, 3.8) is 0 Å². The highest BCUT2D eigenvalue weighted by Crippen LogP contribution is 2.07. The molecule has 0 aliphatic rings. The van der Waals surface area contributed by atoms with Crippen molar-refractivity contribution >= 4 is 29.9 Å². The van der Waals surface area contributed by atoms with Crippen LogP contribution in [-0.2, 0) is 29.0 Å². The van der Waals surface area contributed by atoms with Crippen molar-refractivity contribution in [2.24, 2.45) is 4.99 Å². The Labute approximate surface area is 192 Å². The number of hydrogen-bond acceptors (Lipinski definition) is 3. The Balaban J connectivity index is 0.00000420. The van der Waals surface area contributed by atoms with E-state index < -0.39 is 0 Å². The van der Waals surface area contributed by atoms with E-state index in [4.69, 9.17) is 9.47 Å². The van der Waals surface area contributed by atoms with Crippen molar-refractivity contribution in [1.29, 1.82) is 0 Å². The summed E-state index contributed by atoms with van der Waals surface area (Å²) in [6, 6.07) is 19.0. The normalized spacial score (nSPS) is 11.0. The van der Waals surface area contributed by atoms with Gasteiger partial charge in [-0.2, -0.15) is 0 Å². The van der Waals surface area contributed by atoms with E-state index in [9.17, 15) is 0 Å². The predicted octanol–water partition coefficient (Wildman–Crippen LogP) is 4.16. The van der Waals surface area contributed by atoms with E-state index in [1.807, 2.05) is 6.92 Å². The molecular weight excluding hydrogens is 477 g/mol. The highest BCUT2D eigenvalue weighted by molar-refractivity contribution is 14.0. The van der Waals surface area contributed by atoms with Gasteiger partial charge in [0.15, 0.2) is 5.96 Å². The minimum absolute atomic E-state index is 0. The summed E-state index contributed by atoms with van der Waals surface area (Å²) in [6.45, 7) is 6.20. The number of ether oxygens (including phenoxy) is 2. The molecule has 0 heterocycles. The first-order valence-electron chi connectivity index (χ1n) is 10.0. The summed E-state index contributed by atoms with van der Waals surface area (Å²) in [7, 11) is 1.80. The van der Waals surface area contributed by atoms with Gasteiger partial charge in [-0.05, 0) is 36.5 Å². The van der Waals surface area contributed by atoms with Gasteiger partial charge in [0.25, 0.3) is 0 Å². The molecule has 160 valence electrons. The molecular formula is C23H34IN3O2. The molecule has 2 rings (SSSR count). The van der Waals surface area contributed by atoms with Crippen LogP contribution in [0.4, 0.5) is 0 Å². The van der Waals surface area contributed by atoms with E-state index >= 15 is 0 Å². The maximum atomic E-state index is 5.64. The summed E-state index contributed by atoms with van der Waals surface area (Å²) in [5.74, 6) is 0.825. The summed E-state index contributed by atoms with van der Waals surface area (Å²) in [5, 5.41) is 6.75. The smallest absolute Gasteiger partial charge is 0.191 e. The van der Waals surface area contributed by atoms with Crippen molar-refractivity contribution in [2.45, 2.75) is 32.9 Å². The highest BCUT2D eigenvalue weighted by atomic mass is 127. The van der Waals surface area contributed by atoms with E-state index in [1.54, 1.807) is 7.05 Å². The zero-order valence-corrected chi connectivity index (χ0v) is 19.9. The zero-order valence-electron chi connectivity index (χ0n) is 17.5. The molecule has 0 amide bonds. The molecule has 0 aliphatic heterocycles. The molecule has 0 radical (unpaired) electrons. The van der Waals surface area contributed by atoms with Crippen LogP contribution in [0, 0.1) is 0 Å². The first kappa shape index (κ1) is 25.4. The molecule has 0 unspecified atom stereocenters. The van der Waals surface area contributed by atoms with Gasteiger partial charge in [-0.1, -0.05) is 54.6 Å².